The Balaban J connectivity index is 1.66. The zero-order chi connectivity index (χ0) is 19.5. The number of carbonyl (C=O) groups is 1. The van der Waals surface area contributed by atoms with Crippen molar-refractivity contribution in [3.05, 3.63) is 83.4 Å². The van der Waals surface area contributed by atoms with Gasteiger partial charge >= 0.3 is 0 Å². The maximum Gasteiger partial charge on any atom is 0.283 e. The predicted molar refractivity (Wildman–Crippen MR) is 106 cm³/mol. The van der Waals surface area contributed by atoms with Gasteiger partial charge in [0.2, 0.25) is 5.89 Å². The van der Waals surface area contributed by atoms with Gasteiger partial charge in [-0.05, 0) is 35.9 Å². The van der Waals surface area contributed by atoms with Gasteiger partial charge in [0, 0.05) is 6.92 Å². The lowest BCUT2D eigenvalue weighted by Crippen LogP contribution is -2.30. The molecule has 8 heteroatoms. The standard InChI is InChI=1S/C20H15FN4O2S/c1-13-22-18(24-27-13)12-28-20-23-17(11-14-5-3-2-4-6-14)19(26)25(20)16-9-7-15(21)8-10-16/h2-11H,12H2,1H3/b17-11+. The molecule has 1 amide bonds. The number of aliphatic imine (C=N–C) groups is 1. The second-order valence-electron chi connectivity index (χ2n) is 5.97. The van der Waals surface area contributed by atoms with Gasteiger partial charge in [0.15, 0.2) is 11.0 Å². The zero-order valence-electron chi connectivity index (χ0n) is 14.9. The summed E-state index contributed by atoms with van der Waals surface area (Å²) in [6.45, 7) is 1.71. The molecule has 2 aromatic carbocycles. The molecule has 0 spiro atoms. The molecule has 1 aromatic heterocycles. The first-order valence-corrected chi connectivity index (χ1v) is 9.46. The van der Waals surface area contributed by atoms with Gasteiger partial charge in [-0.15, -0.1) is 0 Å². The number of carbonyl (C=O) groups excluding carboxylic acids is 1. The SMILES string of the molecule is Cc1nc(CSC2=N/C(=C/c3ccccc3)C(=O)N2c2ccc(F)cc2)no1. The van der Waals surface area contributed by atoms with E-state index in [1.54, 1.807) is 25.1 Å². The first-order chi connectivity index (χ1) is 13.6. The van der Waals surface area contributed by atoms with Gasteiger partial charge in [-0.1, -0.05) is 47.3 Å². The summed E-state index contributed by atoms with van der Waals surface area (Å²) in [6, 6.07) is 15.2. The zero-order valence-corrected chi connectivity index (χ0v) is 15.7. The van der Waals surface area contributed by atoms with Gasteiger partial charge in [-0.2, -0.15) is 4.98 Å². The van der Waals surface area contributed by atoms with Crippen LogP contribution in [0.3, 0.4) is 0 Å². The van der Waals surface area contributed by atoms with Crippen LogP contribution in [0.2, 0.25) is 0 Å². The number of hydrogen-bond acceptors (Lipinski definition) is 6. The molecule has 0 saturated carbocycles. The van der Waals surface area contributed by atoms with Crippen molar-refractivity contribution in [3.63, 3.8) is 0 Å². The average Bonchev–Trinajstić information content (AvgIpc) is 3.25. The topological polar surface area (TPSA) is 71.6 Å². The van der Waals surface area contributed by atoms with Crippen molar-refractivity contribution < 1.29 is 13.7 Å². The van der Waals surface area contributed by atoms with Crippen molar-refractivity contribution in [3.8, 4) is 0 Å². The highest BCUT2D eigenvalue weighted by molar-refractivity contribution is 8.13. The fourth-order valence-electron chi connectivity index (χ4n) is 2.65. The summed E-state index contributed by atoms with van der Waals surface area (Å²) in [7, 11) is 0. The van der Waals surface area contributed by atoms with Crippen molar-refractivity contribution >= 4 is 34.6 Å². The highest BCUT2D eigenvalue weighted by Crippen LogP contribution is 2.30. The van der Waals surface area contributed by atoms with Crippen LogP contribution in [0.15, 0.2) is 69.8 Å². The molecule has 1 aliphatic rings. The molecule has 0 atom stereocenters. The molecule has 3 aromatic rings. The summed E-state index contributed by atoms with van der Waals surface area (Å²) in [4.78, 5) is 23.1. The average molecular weight is 394 g/mol. The number of aromatic nitrogens is 2. The number of amidine groups is 1. The molecule has 140 valence electrons. The van der Waals surface area contributed by atoms with Crippen LogP contribution in [-0.4, -0.2) is 21.2 Å². The lowest BCUT2D eigenvalue weighted by atomic mass is 10.2. The van der Waals surface area contributed by atoms with Crippen LogP contribution in [-0.2, 0) is 10.5 Å². The third kappa shape index (κ3) is 3.86. The van der Waals surface area contributed by atoms with Crippen LogP contribution in [0.5, 0.6) is 0 Å². The molecule has 0 fully saturated rings. The van der Waals surface area contributed by atoms with Crippen LogP contribution in [0.1, 0.15) is 17.3 Å². The van der Waals surface area contributed by atoms with E-state index in [-0.39, 0.29) is 11.7 Å². The Kier molecular flexibility index (Phi) is 5.03. The Hall–Kier alpha value is -3.26. The third-order valence-electron chi connectivity index (χ3n) is 3.92. The minimum absolute atomic E-state index is 0.276. The van der Waals surface area contributed by atoms with Crippen molar-refractivity contribution in [2.75, 3.05) is 4.90 Å². The monoisotopic (exact) mass is 394 g/mol. The van der Waals surface area contributed by atoms with Crippen molar-refractivity contribution in [2.45, 2.75) is 12.7 Å². The third-order valence-corrected chi connectivity index (χ3v) is 4.85. The maximum atomic E-state index is 13.3. The number of rotatable bonds is 4. The van der Waals surface area contributed by atoms with Crippen molar-refractivity contribution in [1.82, 2.24) is 10.1 Å². The molecular weight excluding hydrogens is 379 g/mol. The smallest absolute Gasteiger partial charge is 0.283 e. The number of amides is 1. The van der Waals surface area contributed by atoms with E-state index in [0.29, 0.717) is 34.0 Å². The van der Waals surface area contributed by atoms with Crippen molar-refractivity contribution in [2.24, 2.45) is 4.99 Å². The van der Waals surface area contributed by atoms with E-state index in [9.17, 15) is 9.18 Å². The molecule has 0 radical (unpaired) electrons. The number of hydrogen-bond donors (Lipinski definition) is 0. The minimum Gasteiger partial charge on any atom is -0.340 e. The number of benzene rings is 2. The minimum atomic E-state index is -0.371. The fraction of sp³-hybridized carbons (Fsp3) is 0.100. The lowest BCUT2D eigenvalue weighted by Gasteiger charge is -2.17. The van der Waals surface area contributed by atoms with Crippen LogP contribution in [0.4, 0.5) is 10.1 Å². The summed E-state index contributed by atoms with van der Waals surface area (Å²) >= 11 is 1.31. The van der Waals surface area contributed by atoms with Gasteiger partial charge in [0.05, 0.1) is 11.4 Å². The van der Waals surface area contributed by atoms with E-state index in [2.05, 4.69) is 15.1 Å². The summed E-state index contributed by atoms with van der Waals surface area (Å²) < 4.78 is 18.3. The Morgan fingerprint density at radius 2 is 1.89 bits per heavy atom. The van der Waals surface area contributed by atoms with E-state index < -0.39 is 0 Å². The molecule has 1 aliphatic heterocycles. The molecule has 28 heavy (non-hydrogen) atoms. The Labute approximate surface area is 164 Å². The quantitative estimate of drug-likeness (QED) is 0.621. The molecule has 4 rings (SSSR count). The summed E-state index contributed by atoms with van der Waals surface area (Å²) in [5.41, 5.74) is 1.72. The molecule has 2 heterocycles. The molecule has 0 N–H and O–H groups in total. The second-order valence-corrected chi connectivity index (χ2v) is 6.91. The van der Waals surface area contributed by atoms with Gasteiger partial charge in [-0.3, -0.25) is 9.69 Å². The number of aryl methyl sites for hydroxylation is 1. The first-order valence-electron chi connectivity index (χ1n) is 8.47. The second kappa shape index (κ2) is 7.77. The molecule has 0 unspecified atom stereocenters. The van der Waals surface area contributed by atoms with Gasteiger partial charge < -0.3 is 4.52 Å². The van der Waals surface area contributed by atoms with E-state index >= 15 is 0 Å². The van der Waals surface area contributed by atoms with E-state index in [0.717, 1.165) is 5.56 Å². The normalized spacial score (nSPS) is 15.4. The van der Waals surface area contributed by atoms with Crippen LogP contribution in [0.25, 0.3) is 6.08 Å². The van der Waals surface area contributed by atoms with Crippen LogP contribution in [0, 0.1) is 12.7 Å². The first kappa shape index (κ1) is 18.1. The van der Waals surface area contributed by atoms with Crippen LogP contribution < -0.4 is 4.90 Å². The number of halogens is 1. The molecule has 6 nitrogen and oxygen atoms in total. The Bertz CT molecular complexity index is 1060. The maximum absolute atomic E-state index is 13.3. The largest absolute Gasteiger partial charge is 0.340 e. The van der Waals surface area contributed by atoms with Gasteiger partial charge in [0.25, 0.3) is 5.91 Å². The number of thioether (sulfide) groups is 1. The Morgan fingerprint density at radius 3 is 2.57 bits per heavy atom. The van der Waals surface area contributed by atoms with E-state index in [1.165, 1.54) is 28.8 Å². The van der Waals surface area contributed by atoms with Crippen molar-refractivity contribution in [1.29, 1.82) is 0 Å². The van der Waals surface area contributed by atoms with E-state index in [4.69, 9.17) is 4.52 Å². The molecule has 0 aliphatic carbocycles. The summed E-state index contributed by atoms with van der Waals surface area (Å²) in [5.74, 6) is 0.725. The molecule has 0 saturated heterocycles. The lowest BCUT2D eigenvalue weighted by molar-refractivity contribution is -0.113. The molecule has 0 bridgehead atoms. The summed E-state index contributed by atoms with van der Waals surface area (Å²) in [5, 5.41) is 4.34. The van der Waals surface area contributed by atoms with Crippen LogP contribution >= 0.6 is 11.8 Å². The van der Waals surface area contributed by atoms with Gasteiger partial charge in [-0.25, -0.2) is 9.38 Å². The fourth-order valence-corrected chi connectivity index (χ4v) is 3.50. The predicted octanol–water partition coefficient (Wildman–Crippen LogP) is 4.19. The number of anilines is 1. The summed E-state index contributed by atoms with van der Waals surface area (Å²) in [6.07, 6.45) is 1.73. The highest BCUT2D eigenvalue weighted by Gasteiger charge is 2.32. The van der Waals surface area contributed by atoms with Gasteiger partial charge in [0.1, 0.15) is 11.5 Å². The van der Waals surface area contributed by atoms with E-state index in [1.807, 2.05) is 30.3 Å². The highest BCUT2D eigenvalue weighted by atomic mass is 32.2. The molecular formula is C20H15FN4O2S. The number of nitrogens with zero attached hydrogens (tertiary/aromatic N) is 4. The Morgan fingerprint density at radius 1 is 1.14 bits per heavy atom.